The topological polar surface area (TPSA) is 81.8 Å². The van der Waals surface area contributed by atoms with Crippen LogP contribution in [0.3, 0.4) is 0 Å². The number of hydrogen-bond donors (Lipinski definition) is 0. The van der Waals surface area contributed by atoms with Crippen LogP contribution in [0.15, 0.2) is 78.0 Å². The smallest absolute Gasteiger partial charge is 0.269 e. The van der Waals surface area contributed by atoms with Crippen LogP contribution >= 0.6 is 23.4 Å². The molecule has 0 saturated carbocycles. The molecule has 3 aromatic rings. The largest absolute Gasteiger partial charge is 0.368 e. The van der Waals surface area contributed by atoms with Crippen LogP contribution in [0.4, 0.5) is 5.69 Å². The molecular formula is C23H15ClN2O4S. The molecule has 0 bridgehead atoms. The highest BCUT2D eigenvalue weighted by Crippen LogP contribution is 2.53. The molecule has 2 atom stereocenters. The fraction of sp³-hybridized carbons (Fsp3) is 0.130. The molecule has 2 heterocycles. The molecule has 0 radical (unpaired) electrons. The quantitative estimate of drug-likeness (QED) is 0.383. The molecule has 6 nitrogen and oxygen atoms in total. The zero-order chi connectivity index (χ0) is 21.6. The average molecular weight is 451 g/mol. The Bertz CT molecular complexity index is 1230. The molecule has 0 saturated heterocycles. The minimum Gasteiger partial charge on any atom is -0.368 e. The third-order valence-corrected chi connectivity index (χ3v) is 7.16. The highest BCUT2D eigenvalue weighted by Gasteiger charge is 2.58. The molecule has 0 aromatic heterocycles. The predicted octanol–water partition coefficient (Wildman–Crippen LogP) is 5.59. The molecular weight excluding hydrogens is 436 g/mol. The van der Waals surface area contributed by atoms with Crippen molar-refractivity contribution in [1.82, 2.24) is 0 Å². The SMILES string of the molecule is O=C1c2ccccc2CSC12ON=C(c1ccc(Cl)cc1)C2c1ccc([N+](=O)[O-])cc1. The van der Waals surface area contributed by atoms with Crippen LogP contribution in [0.5, 0.6) is 0 Å². The van der Waals surface area contributed by atoms with E-state index < -0.39 is 15.8 Å². The zero-order valence-electron chi connectivity index (χ0n) is 16.0. The van der Waals surface area contributed by atoms with E-state index in [1.807, 2.05) is 30.3 Å². The van der Waals surface area contributed by atoms with Gasteiger partial charge in [-0.1, -0.05) is 77.0 Å². The van der Waals surface area contributed by atoms with Crippen LogP contribution in [0.25, 0.3) is 0 Å². The van der Waals surface area contributed by atoms with Gasteiger partial charge in [-0.05, 0) is 23.3 Å². The Morgan fingerprint density at radius 3 is 2.48 bits per heavy atom. The summed E-state index contributed by atoms with van der Waals surface area (Å²) in [6, 6.07) is 20.8. The van der Waals surface area contributed by atoms with E-state index in [-0.39, 0.29) is 11.5 Å². The Morgan fingerprint density at radius 2 is 1.77 bits per heavy atom. The summed E-state index contributed by atoms with van der Waals surface area (Å²) in [5.74, 6) is -0.106. The summed E-state index contributed by atoms with van der Waals surface area (Å²) in [5, 5.41) is 16.1. The Labute approximate surface area is 187 Å². The van der Waals surface area contributed by atoms with Crippen LogP contribution < -0.4 is 0 Å². The molecule has 1 spiro atoms. The number of ketones is 1. The second-order valence-corrected chi connectivity index (χ2v) is 8.92. The molecule has 3 aromatic carbocycles. The molecule has 0 aliphatic carbocycles. The number of hydrogen-bond acceptors (Lipinski definition) is 6. The number of nitrogens with zero attached hydrogens (tertiary/aromatic N) is 2. The van der Waals surface area contributed by atoms with Crippen molar-refractivity contribution in [3.05, 3.63) is 110 Å². The van der Waals surface area contributed by atoms with Gasteiger partial charge in [-0.25, -0.2) is 0 Å². The lowest BCUT2D eigenvalue weighted by molar-refractivity contribution is -0.384. The number of fused-ring (bicyclic) bond motifs is 1. The highest BCUT2D eigenvalue weighted by molar-refractivity contribution is 8.00. The van der Waals surface area contributed by atoms with Gasteiger partial charge in [-0.2, -0.15) is 0 Å². The van der Waals surface area contributed by atoms with Gasteiger partial charge in [0.25, 0.3) is 10.6 Å². The number of nitro benzene ring substituents is 1. The number of non-ortho nitro benzene ring substituents is 1. The summed E-state index contributed by atoms with van der Waals surface area (Å²) in [6.07, 6.45) is 0. The first kappa shape index (κ1) is 19.8. The predicted molar refractivity (Wildman–Crippen MR) is 120 cm³/mol. The second kappa shape index (κ2) is 7.51. The van der Waals surface area contributed by atoms with Crippen molar-refractivity contribution >= 4 is 40.5 Å². The number of thioether (sulfide) groups is 1. The van der Waals surface area contributed by atoms with Gasteiger partial charge >= 0.3 is 0 Å². The molecule has 31 heavy (non-hydrogen) atoms. The summed E-state index contributed by atoms with van der Waals surface area (Å²) in [6.45, 7) is 0. The molecule has 0 N–H and O–H groups in total. The molecule has 8 heteroatoms. The van der Waals surface area contributed by atoms with E-state index in [4.69, 9.17) is 16.4 Å². The number of oxime groups is 1. The summed E-state index contributed by atoms with van der Waals surface area (Å²) in [5.41, 5.74) is 3.63. The van der Waals surface area contributed by atoms with Gasteiger partial charge in [-0.15, -0.1) is 0 Å². The van der Waals surface area contributed by atoms with Crippen molar-refractivity contribution in [2.24, 2.45) is 5.16 Å². The molecule has 154 valence electrons. The molecule has 2 aliphatic heterocycles. The van der Waals surface area contributed by atoms with Crippen molar-refractivity contribution in [2.45, 2.75) is 16.6 Å². The van der Waals surface area contributed by atoms with Crippen LogP contribution in [0.1, 0.15) is 33.0 Å². The molecule has 5 rings (SSSR count). The molecule has 2 aliphatic rings. The van der Waals surface area contributed by atoms with E-state index in [1.165, 1.54) is 23.9 Å². The summed E-state index contributed by atoms with van der Waals surface area (Å²) in [7, 11) is 0. The molecule has 0 fully saturated rings. The minimum atomic E-state index is -1.28. The van der Waals surface area contributed by atoms with Crippen LogP contribution in [0, 0.1) is 10.1 Å². The fourth-order valence-electron chi connectivity index (χ4n) is 4.00. The Balaban J connectivity index is 1.64. The number of carbonyl (C=O) groups excluding carboxylic acids is 1. The average Bonchev–Trinajstić information content (AvgIpc) is 3.17. The van der Waals surface area contributed by atoms with Gasteiger partial charge in [-0.3, -0.25) is 14.9 Å². The zero-order valence-corrected chi connectivity index (χ0v) is 17.6. The Hall–Kier alpha value is -3.16. The van der Waals surface area contributed by atoms with Gasteiger partial charge < -0.3 is 4.84 Å². The number of benzene rings is 3. The van der Waals surface area contributed by atoms with Crippen LogP contribution in [-0.4, -0.2) is 21.4 Å². The van der Waals surface area contributed by atoms with E-state index in [9.17, 15) is 14.9 Å². The Morgan fingerprint density at radius 1 is 1.06 bits per heavy atom. The Kier molecular flexibility index (Phi) is 4.79. The van der Waals surface area contributed by atoms with Crippen LogP contribution in [-0.2, 0) is 10.6 Å². The van der Waals surface area contributed by atoms with Crippen molar-refractivity contribution in [1.29, 1.82) is 0 Å². The maximum atomic E-state index is 13.7. The normalized spacial score (nSPS) is 22.0. The number of nitro groups is 1. The van der Waals surface area contributed by atoms with Gasteiger partial charge in [0.05, 0.1) is 10.8 Å². The number of Topliss-reactive ketones (excluding diaryl/α,β-unsaturated/α-hetero) is 1. The molecule has 0 amide bonds. The summed E-state index contributed by atoms with van der Waals surface area (Å²) < 4.78 is 0. The van der Waals surface area contributed by atoms with Gasteiger partial charge in [0.15, 0.2) is 0 Å². The standard InChI is InChI=1S/C23H15ClN2O4S/c24-17-9-5-15(6-10-17)21-20(14-7-11-18(12-8-14)26(28)29)23(30-25-21)22(27)19-4-2-1-3-16(19)13-31-23/h1-12,20H,13H2. The molecule has 2 unspecified atom stereocenters. The first-order valence-electron chi connectivity index (χ1n) is 9.52. The van der Waals surface area contributed by atoms with Crippen LogP contribution in [0.2, 0.25) is 5.02 Å². The van der Waals surface area contributed by atoms with E-state index in [0.717, 1.165) is 16.7 Å². The summed E-state index contributed by atoms with van der Waals surface area (Å²) in [4.78, 5) is 29.0. The first-order valence-corrected chi connectivity index (χ1v) is 10.9. The lowest BCUT2D eigenvalue weighted by atomic mass is 9.81. The van der Waals surface area contributed by atoms with Gasteiger partial charge in [0.2, 0.25) is 5.78 Å². The minimum absolute atomic E-state index is 0.0188. The van der Waals surface area contributed by atoms with Gasteiger partial charge in [0, 0.05) is 34.0 Å². The second-order valence-electron chi connectivity index (χ2n) is 7.30. The lowest BCUT2D eigenvalue weighted by Gasteiger charge is -2.35. The monoisotopic (exact) mass is 450 g/mol. The van der Waals surface area contributed by atoms with Crippen molar-refractivity contribution in [2.75, 3.05) is 0 Å². The summed E-state index contributed by atoms with van der Waals surface area (Å²) >= 11 is 7.44. The van der Waals surface area contributed by atoms with Crippen molar-refractivity contribution in [3.63, 3.8) is 0 Å². The first-order chi connectivity index (χ1) is 15.0. The maximum Gasteiger partial charge on any atom is 0.269 e. The number of rotatable bonds is 3. The van der Waals surface area contributed by atoms with E-state index >= 15 is 0 Å². The van der Waals surface area contributed by atoms with Crippen molar-refractivity contribution in [3.8, 4) is 0 Å². The highest BCUT2D eigenvalue weighted by atomic mass is 35.5. The number of halogens is 1. The van der Waals surface area contributed by atoms with E-state index in [0.29, 0.717) is 22.1 Å². The van der Waals surface area contributed by atoms with E-state index in [1.54, 1.807) is 30.3 Å². The van der Waals surface area contributed by atoms with Crippen molar-refractivity contribution < 1.29 is 14.6 Å². The van der Waals surface area contributed by atoms with E-state index in [2.05, 4.69) is 5.16 Å². The third-order valence-electron chi connectivity index (χ3n) is 5.53. The maximum absolute atomic E-state index is 13.7. The fourth-order valence-corrected chi connectivity index (χ4v) is 5.49. The lowest BCUT2D eigenvalue weighted by Crippen LogP contribution is -2.45. The third kappa shape index (κ3) is 3.21. The van der Waals surface area contributed by atoms with Gasteiger partial charge in [0.1, 0.15) is 5.71 Å². The number of carbonyl (C=O) groups is 1.